The number of rotatable bonds is 14. The Hall–Kier alpha value is -2.00. The van der Waals surface area contributed by atoms with Crippen LogP contribution in [-0.2, 0) is 19.4 Å². The Bertz CT molecular complexity index is 918. The molecule has 0 bridgehead atoms. The van der Waals surface area contributed by atoms with Crippen molar-refractivity contribution in [3.63, 3.8) is 0 Å². The molecule has 0 amide bonds. The van der Waals surface area contributed by atoms with Crippen LogP contribution in [0.2, 0.25) is 0 Å². The van der Waals surface area contributed by atoms with Crippen LogP contribution in [0, 0.1) is 0 Å². The third-order valence-electron chi connectivity index (χ3n) is 4.01. The molecule has 0 aromatic heterocycles. The maximum Gasteiger partial charge on any atom is 0.414 e. The maximum absolute atomic E-state index is 13.8. The summed E-state index contributed by atoms with van der Waals surface area (Å²) in [7, 11) is -7.16. The third-order valence-corrected chi connectivity index (χ3v) is 5.63. The Morgan fingerprint density at radius 1 is 0.778 bits per heavy atom. The second-order valence-electron chi connectivity index (χ2n) is 6.44. The van der Waals surface area contributed by atoms with Gasteiger partial charge in [0.2, 0.25) is 9.84 Å². The van der Waals surface area contributed by atoms with Gasteiger partial charge in [-0.25, -0.2) is 22.0 Å². The largest absolute Gasteiger partial charge is 0.461 e. The highest BCUT2D eigenvalue weighted by Crippen LogP contribution is 2.63. The Kier molecular flexibility index (Phi) is 9.49. The summed E-state index contributed by atoms with van der Waals surface area (Å²) in [4.78, 5) is 10.7. The number of hydrogen-bond acceptors (Lipinski definition) is 5. The van der Waals surface area contributed by atoms with Gasteiger partial charge < -0.3 is 10.1 Å². The van der Waals surface area contributed by atoms with Gasteiger partial charge in [0.25, 0.3) is 0 Å². The summed E-state index contributed by atoms with van der Waals surface area (Å²) in [5.41, 5.74) is 0. The van der Waals surface area contributed by atoms with E-state index in [-0.39, 0.29) is 0 Å². The van der Waals surface area contributed by atoms with Crippen molar-refractivity contribution in [1.82, 2.24) is 5.32 Å². The first-order valence-electron chi connectivity index (χ1n) is 8.30. The number of sulfone groups is 1. The first-order chi connectivity index (χ1) is 15.6. The lowest BCUT2D eigenvalue weighted by atomic mass is 9.91. The van der Waals surface area contributed by atoms with E-state index >= 15 is 0 Å². The summed E-state index contributed by atoms with van der Waals surface area (Å²) < 4.78 is 238. The van der Waals surface area contributed by atoms with Crippen molar-refractivity contribution in [3.8, 4) is 0 Å². The van der Waals surface area contributed by atoms with Gasteiger partial charge in [0.1, 0.15) is 12.5 Å². The molecule has 0 saturated carbocycles. The van der Waals surface area contributed by atoms with Gasteiger partial charge in [0.05, 0.1) is 0 Å². The average Bonchev–Trinajstić information content (AvgIpc) is 2.71. The summed E-state index contributed by atoms with van der Waals surface area (Å²) >= 11 is 0. The molecule has 214 valence electrons. The Morgan fingerprint density at radius 2 is 1.17 bits per heavy atom. The number of ether oxygens (including phenoxy) is 1. The van der Waals surface area contributed by atoms with Crippen LogP contribution >= 0.6 is 0 Å². The molecular formula is C14H11F16NO4S. The molecule has 5 nitrogen and oxygen atoms in total. The predicted octanol–water partition coefficient (Wildman–Crippen LogP) is 4.35. The van der Waals surface area contributed by atoms with E-state index in [1.54, 1.807) is 0 Å². The minimum atomic E-state index is -8.70. The Morgan fingerprint density at radius 3 is 1.56 bits per heavy atom. The second kappa shape index (κ2) is 10.0. The van der Waals surface area contributed by atoms with Crippen molar-refractivity contribution < 1.29 is 88.2 Å². The molecule has 0 atom stereocenters. The number of hydrogen-bond donors (Lipinski definition) is 1. The molecule has 36 heavy (non-hydrogen) atoms. The van der Waals surface area contributed by atoms with E-state index < -0.39 is 82.1 Å². The van der Waals surface area contributed by atoms with E-state index in [0.29, 0.717) is 6.08 Å². The van der Waals surface area contributed by atoms with E-state index in [2.05, 4.69) is 11.3 Å². The van der Waals surface area contributed by atoms with Gasteiger partial charge in [0, 0.05) is 12.6 Å². The zero-order chi connectivity index (χ0) is 29.4. The topological polar surface area (TPSA) is 72.5 Å². The van der Waals surface area contributed by atoms with Crippen molar-refractivity contribution >= 4 is 15.8 Å². The van der Waals surface area contributed by atoms with Crippen LogP contribution in [0.3, 0.4) is 0 Å². The number of nitrogens with one attached hydrogen (secondary N) is 1. The van der Waals surface area contributed by atoms with Crippen LogP contribution in [0.15, 0.2) is 12.7 Å². The predicted molar refractivity (Wildman–Crippen MR) is 83.6 cm³/mol. The molecule has 0 heterocycles. The van der Waals surface area contributed by atoms with Gasteiger partial charge >= 0.3 is 53.2 Å². The lowest BCUT2D eigenvalue weighted by molar-refractivity contribution is -0.441. The molecule has 1 N–H and O–H groups in total. The van der Waals surface area contributed by atoms with Crippen molar-refractivity contribution in [2.45, 2.75) is 47.2 Å². The molecule has 0 fully saturated rings. The minimum Gasteiger partial charge on any atom is -0.461 e. The quantitative estimate of drug-likeness (QED) is 0.141. The zero-order valence-electron chi connectivity index (χ0n) is 16.6. The van der Waals surface area contributed by atoms with Gasteiger partial charge in [-0.2, -0.15) is 61.5 Å². The van der Waals surface area contributed by atoms with Gasteiger partial charge in [-0.05, 0) is 0 Å². The lowest BCUT2D eigenvalue weighted by Crippen LogP contribution is -2.74. The molecule has 0 rings (SSSR count). The summed E-state index contributed by atoms with van der Waals surface area (Å²) in [5, 5.41) is -6.24. The van der Waals surface area contributed by atoms with Crippen LogP contribution in [0.1, 0.15) is 0 Å². The van der Waals surface area contributed by atoms with Crippen LogP contribution in [-0.4, -0.2) is 80.6 Å². The highest BCUT2D eigenvalue weighted by Gasteiger charge is 2.94. The molecule has 0 saturated heterocycles. The molecule has 0 radical (unpaired) electrons. The number of carbonyl (C=O) groups is 1. The van der Waals surface area contributed by atoms with E-state index in [4.69, 9.17) is 0 Å². The monoisotopic (exact) mass is 593 g/mol. The fourth-order valence-electron chi connectivity index (χ4n) is 1.90. The number of carbonyl (C=O) groups excluding carboxylic acids is 1. The van der Waals surface area contributed by atoms with Crippen LogP contribution in [0.5, 0.6) is 0 Å². The van der Waals surface area contributed by atoms with E-state index in [9.17, 15) is 83.5 Å². The second-order valence-corrected chi connectivity index (χ2v) is 8.47. The smallest absolute Gasteiger partial charge is 0.414 e. The van der Waals surface area contributed by atoms with Crippen molar-refractivity contribution in [3.05, 3.63) is 12.7 Å². The Labute approximate surface area is 189 Å². The molecule has 0 aliphatic heterocycles. The van der Waals surface area contributed by atoms with Gasteiger partial charge in [0.15, 0.2) is 0 Å². The number of halogens is 16. The fourth-order valence-corrected chi connectivity index (χ4v) is 3.01. The molecule has 0 aromatic carbocycles. The summed E-state index contributed by atoms with van der Waals surface area (Å²) in [6, 6.07) is 0. The van der Waals surface area contributed by atoms with Crippen molar-refractivity contribution in [1.29, 1.82) is 0 Å². The normalized spacial score (nSPS) is 15.2. The summed E-state index contributed by atoms with van der Waals surface area (Å²) in [6.07, 6.45) is -5.47. The highest BCUT2D eigenvalue weighted by atomic mass is 32.2. The van der Waals surface area contributed by atoms with Crippen molar-refractivity contribution in [2.24, 2.45) is 0 Å². The maximum atomic E-state index is 13.8. The minimum absolute atomic E-state index is 0.518. The fraction of sp³-hybridized carbons (Fsp3) is 0.786. The van der Waals surface area contributed by atoms with Crippen molar-refractivity contribution in [2.75, 3.05) is 19.0 Å². The first-order valence-corrected chi connectivity index (χ1v) is 9.95. The highest BCUT2D eigenvalue weighted by molar-refractivity contribution is 7.92. The molecule has 0 aliphatic carbocycles. The van der Waals surface area contributed by atoms with Gasteiger partial charge in [-0.3, -0.25) is 0 Å². The standard InChI is InChI=1S/C14H11F16NO4S/c1-2-6(32)35-4-3-31-5-36(33,34)14(29,30)13(27,28)12(25,26)11(23,24)10(21,22)9(19,20)8(17,18)7(15)16/h2,7,31H,1,3-5H2. The molecule has 22 heteroatoms. The van der Waals surface area contributed by atoms with Crippen LogP contribution in [0.4, 0.5) is 70.2 Å². The first kappa shape index (κ1) is 34.0. The van der Waals surface area contributed by atoms with E-state index in [1.165, 1.54) is 5.32 Å². The summed E-state index contributed by atoms with van der Waals surface area (Å²) in [6.45, 7) is 0.922. The average molecular weight is 593 g/mol. The molecular weight excluding hydrogens is 582 g/mol. The van der Waals surface area contributed by atoms with Crippen LogP contribution in [0.25, 0.3) is 0 Å². The zero-order valence-corrected chi connectivity index (χ0v) is 17.4. The molecule has 0 aromatic rings. The van der Waals surface area contributed by atoms with Gasteiger partial charge in [-0.15, -0.1) is 0 Å². The molecule has 0 unspecified atom stereocenters. The third kappa shape index (κ3) is 5.05. The van der Waals surface area contributed by atoms with E-state index in [1.807, 2.05) is 0 Å². The molecule has 0 spiro atoms. The lowest BCUT2D eigenvalue weighted by Gasteiger charge is -2.42. The van der Waals surface area contributed by atoms with Gasteiger partial charge in [-0.1, -0.05) is 6.58 Å². The van der Waals surface area contributed by atoms with Crippen LogP contribution < -0.4 is 5.32 Å². The molecule has 0 aliphatic rings. The SMILES string of the molecule is C=CC(=O)OCCNCS(=O)(=O)C(F)(F)C(F)(F)C(F)(F)C(F)(F)C(F)(F)C(F)(F)C(F)(F)C(F)F. The van der Waals surface area contributed by atoms with E-state index in [0.717, 1.165) is 0 Å². The number of esters is 1. The Balaban J connectivity index is 6.31. The summed E-state index contributed by atoms with van der Waals surface area (Å²) in [5.74, 6) is -53.8. The number of alkyl halides is 16.